The molecule has 0 saturated heterocycles. The number of methoxy groups -OCH3 is 1. The van der Waals surface area contributed by atoms with E-state index in [-0.39, 0.29) is 6.79 Å². The Morgan fingerprint density at radius 3 is 2.82 bits per heavy atom. The maximum Gasteiger partial charge on any atom is 0.188 e. The van der Waals surface area contributed by atoms with Gasteiger partial charge in [0.05, 0.1) is 5.03 Å². The molecule has 0 aromatic rings. The van der Waals surface area contributed by atoms with Crippen molar-refractivity contribution in [1.82, 2.24) is 0 Å². The zero-order valence-electron chi connectivity index (χ0n) is 6.47. The summed E-state index contributed by atoms with van der Waals surface area (Å²) >= 11 is 5.83. The first-order valence-electron chi connectivity index (χ1n) is 3.52. The van der Waals surface area contributed by atoms with E-state index >= 15 is 0 Å². The van der Waals surface area contributed by atoms with Crippen molar-refractivity contribution in [3.8, 4) is 0 Å². The van der Waals surface area contributed by atoms with Gasteiger partial charge >= 0.3 is 0 Å². The van der Waals surface area contributed by atoms with E-state index in [9.17, 15) is 0 Å². The highest BCUT2D eigenvalue weighted by molar-refractivity contribution is 6.31. The van der Waals surface area contributed by atoms with Crippen molar-refractivity contribution in [3.63, 3.8) is 0 Å². The van der Waals surface area contributed by atoms with Crippen LogP contribution in [0.4, 0.5) is 0 Å². The Morgan fingerprint density at radius 2 is 2.18 bits per heavy atom. The summed E-state index contributed by atoms with van der Waals surface area (Å²) in [6.07, 6.45) is 5.92. The highest BCUT2D eigenvalue weighted by Gasteiger charge is 2.06. The fourth-order valence-corrected chi connectivity index (χ4v) is 1.11. The number of halogens is 1. The molecule has 0 aliphatic heterocycles. The van der Waals surface area contributed by atoms with Gasteiger partial charge in [0.15, 0.2) is 6.79 Å². The van der Waals surface area contributed by atoms with E-state index in [4.69, 9.17) is 21.1 Å². The van der Waals surface area contributed by atoms with E-state index in [1.165, 1.54) is 0 Å². The van der Waals surface area contributed by atoms with Gasteiger partial charge < -0.3 is 9.47 Å². The minimum absolute atomic E-state index is 0.260. The molecule has 1 rings (SSSR count). The molecular weight excluding hydrogens is 164 g/mol. The SMILES string of the molecule is COCOC1=CCCC=C1Cl. The van der Waals surface area contributed by atoms with Crippen molar-refractivity contribution in [2.45, 2.75) is 12.8 Å². The highest BCUT2D eigenvalue weighted by Crippen LogP contribution is 2.22. The summed E-state index contributed by atoms with van der Waals surface area (Å²) in [5, 5.41) is 0.688. The Morgan fingerprint density at radius 1 is 1.45 bits per heavy atom. The molecule has 0 spiro atoms. The van der Waals surface area contributed by atoms with E-state index in [1.54, 1.807) is 7.11 Å². The van der Waals surface area contributed by atoms with Gasteiger partial charge in [-0.15, -0.1) is 0 Å². The van der Waals surface area contributed by atoms with Gasteiger partial charge in [-0.25, -0.2) is 0 Å². The standard InChI is InChI=1S/C8H11ClO2/c1-10-6-11-8-5-3-2-4-7(8)9/h4-5H,2-3,6H2,1H3. The van der Waals surface area contributed by atoms with Crippen LogP contribution < -0.4 is 0 Å². The predicted octanol–water partition coefficient (Wildman–Crippen LogP) is 2.41. The molecule has 0 heterocycles. The number of ether oxygens (including phenoxy) is 2. The second kappa shape index (κ2) is 4.42. The first kappa shape index (κ1) is 8.62. The summed E-state index contributed by atoms with van der Waals surface area (Å²) in [5.41, 5.74) is 0. The third-order valence-corrected chi connectivity index (χ3v) is 1.73. The van der Waals surface area contributed by atoms with E-state index < -0.39 is 0 Å². The average Bonchev–Trinajstić information content (AvgIpc) is 2.03. The second-order valence-electron chi connectivity index (χ2n) is 2.25. The van der Waals surface area contributed by atoms with Crippen molar-refractivity contribution in [1.29, 1.82) is 0 Å². The van der Waals surface area contributed by atoms with Crippen molar-refractivity contribution in [2.24, 2.45) is 0 Å². The van der Waals surface area contributed by atoms with Gasteiger partial charge in [-0.3, -0.25) is 0 Å². The van der Waals surface area contributed by atoms with Crippen molar-refractivity contribution >= 4 is 11.6 Å². The summed E-state index contributed by atoms with van der Waals surface area (Å²) < 4.78 is 9.93. The van der Waals surface area contributed by atoms with E-state index in [1.807, 2.05) is 12.2 Å². The normalized spacial score (nSPS) is 17.3. The Bertz CT molecular complexity index is 185. The lowest BCUT2D eigenvalue weighted by atomic mass is 10.2. The molecule has 0 radical (unpaired) electrons. The maximum atomic E-state index is 5.83. The molecule has 0 unspecified atom stereocenters. The molecule has 0 fully saturated rings. The average molecular weight is 175 g/mol. The zero-order chi connectivity index (χ0) is 8.10. The van der Waals surface area contributed by atoms with Crippen LogP contribution in [-0.4, -0.2) is 13.9 Å². The zero-order valence-corrected chi connectivity index (χ0v) is 7.23. The summed E-state index contributed by atoms with van der Waals surface area (Å²) in [7, 11) is 1.58. The van der Waals surface area contributed by atoms with Gasteiger partial charge in [0.1, 0.15) is 5.76 Å². The molecule has 3 heteroatoms. The monoisotopic (exact) mass is 174 g/mol. The van der Waals surface area contributed by atoms with Crippen LogP contribution in [0.25, 0.3) is 0 Å². The van der Waals surface area contributed by atoms with Gasteiger partial charge in [-0.05, 0) is 18.9 Å². The van der Waals surface area contributed by atoms with Gasteiger partial charge in [0.25, 0.3) is 0 Å². The number of rotatable bonds is 3. The molecule has 0 atom stereocenters. The Kier molecular flexibility index (Phi) is 3.46. The predicted molar refractivity (Wildman–Crippen MR) is 44.2 cm³/mol. The highest BCUT2D eigenvalue weighted by atomic mass is 35.5. The quantitative estimate of drug-likeness (QED) is 0.612. The van der Waals surface area contributed by atoms with Gasteiger partial charge in [-0.2, -0.15) is 0 Å². The van der Waals surface area contributed by atoms with Crippen LogP contribution in [0.2, 0.25) is 0 Å². The van der Waals surface area contributed by atoms with Gasteiger partial charge in [0, 0.05) is 7.11 Å². The Balaban J connectivity index is 2.43. The van der Waals surface area contributed by atoms with Crippen LogP contribution >= 0.6 is 11.6 Å². The molecule has 0 bridgehead atoms. The molecule has 0 aromatic carbocycles. The smallest absolute Gasteiger partial charge is 0.188 e. The number of hydrogen-bond acceptors (Lipinski definition) is 2. The topological polar surface area (TPSA) is 18.5 Å². The van der Waals surface area contributed by atoms with Crippen LogP contribution in [0, 0.1) is 0 Å². The molecular formula is C8H11ClO2. The lowest BCUT2D eigenvalue weighted by molar-refractivity contribution is 0.00887. The first-order valence-corrected chi connectivity index (χ1v) is 3.90. The van der Waals surface area contributed by atoms with Crippen LogP contribution in [0.1, 0.15) is 12.8 Å². The molecule has 2 nitrogen and oxygen atoms in total. The minimum atomic E-state index is 0.260. The first-order chi connectivity index (χ1) is 5.34. The van der Waals surface area contributed by atoms with Gasteiger partial charge in [-0.1, -0.05) is 17.7 Å². The maximum absolute atomic E-state index is 5.83. The fraction of sp³-hybridized carbons (Fsp3) is 0.500. The molecule has 0 aromatic heterocycles. The summed E-state index contributed by atoms with van der Waals surface area (Å²) in [6.45, 7) is 0.260. The molecule has 11 heavy (non-hydrogen) atoms. The molecule has 1 aliphatic carbocycles. The van der Waals surface area contributed by atoms with Crippen molar-refractivity contribution < 1.29 is 9.47 Å². The number of allylic oxidation sites excluding steroid dienone is 3. The van der Waals surface area contributed by atoms with Crippen LogP contribution in [0.5, 0.6) is 0 Å². The Hall–Kier alpha value is -0.470. The van der Waals surface area contributed by atoms with E-state index in [0.29, 0.717) is 5.03 Å². The molecule has 0 N–H and O–H groups in total. The third-order valence-electron chi connectivity index (χ3n) is 1.39. The molecule has 1 aliphatic rings. The minimum Gasteiger partial charge on any atom is -0.466 e. The molecule has 62 valence electrons. The Labute approximate surface area is 71.4 Å². The lowest BCUT2D eigenvalue weighted by Gasteiger charge is -2.11. The van der Waals surface area contributed by atoms with Gasteiger partial charge in [0.2, 0.25) is 0 Å². The van der Waals surface area contributed by atoms with Crippen LogP contribution in [-0.2, 0) is 9.47 Å². The third kappa shape index (κ3) is 2.56. The number of hydrogen-bond donors (Lipinski definition) is 0. The van der Waals surface area contributed by atoms with Crippen molar-refractivity contribution in [2.75, 3.05) is 13.9 Å². The summed E-state index contributed by atoms with van der Waals surface area (Å²) in [4.78, 5) is 0. The van der Waals surface area contributed by atoms with E-state index in [2.05, 4.69) is 0 Å². The van der Waals surface area contributed by atoms with Crippen LogP contribution in [0.3, 0.4) is 0 Å². The summed E-state index contributed by atoms with van der Waals surface area (Å²) in [5.74, 6) is 0.736. The molecule has 0 saturated carbocycles. The largest absolute Gasteiger partial charge is 0.466 e. The molecule has 0 amide bonds. The lowest BCUT2D eigenvalue weighted by Crippen LogP contribution is -1.99. The van der Waals surface area contributed by atoms with E-state index in [0.717, 1.165) is 18.6 Å². The fourth-order valence-electron chi connectivity index (χ4n) is 0.873. The van der Waals surface area contributed by atoms with Crippen molar-refractivity contribution in [3.05, 3.63) is 22.9 Å². The second-order valence-corrected chi connectivity index (χ2v) is 2.66. The van der Waals surface area contributed by atoms with Crippen LogP contribution in [0.15, 0.2) is 22.9 Å². The summed E-state index contributed by atoms with van der Waals surface area (Å²) in [6, 6.07) is 0.